The molecule has 1 aliphatic carbocycles. The average molecular weight is 266 g/mol. The van der Waals surface area contributed by atoms with Crippen molar-refractivity contribution in [2.75, 3.05) is 6.54 Å². The van der Waals surface area contributed by atoms with E-state index in [4.69, 9.17) is 0 Å². The van der Waals surface area contributed by atoms with Crippen molar-refractivity contribution < 1.29 is 14.7 Å². The number of hydrogen-bond acceptors (Lipinski definition) is 3. The summed E-state index contributed by atoms with van der Waals surface area (Å²) in [5.74, 6) is -0.950. The third kappa shape index (κ3) is 3.24. The number of hydrogen-bond donors (Lipinski definition) is 4. The molecule has 1 saturated carbocycles. The lowest BCUT2D eigenvalue weighted by Gasteiger charge is -2.25. The standard InChI is InChI=1S/C12H18N4O3/c17-10(18)12(4-1-2-5-12)16-11(19)14-6-3-9-7-13-8-15-9/h7-8H,1-6H2,(H,13,15)(H,17,18)(H2,14,16,19). The van der Waals surface area contributed by atoms with Gasteiger partial charge >= 0.3 is 12.0 Å². The molecule has 0 radical (unpaired) electrons. The number of aliphatic carboxylic acids is 1. The maximum atomic E-state index is 11.7. The first-order valence-electron chi connectivity index (χ1n) is 6.39. The van der Waals surface area contributed by atoms with Crippen LogP contribution in [0.1, 0.15) is 31.4 Å². The molecule has 0 atom stereocenters. The van der Waals surface area contributed by atoms with Gasteiger partial charge in [-0.2, -0.15) is 0 Å². The van der Waals surface area contributed by atoms with Gasteiger partial charge in [0.05, 0.1) is 6.33 Å². The van der Waals surface area contributed by atoms with Crippen LogP contribution in [-0.4, -0.2) is 39.2 Å². The van der Waals surface area contributed by atoms with Crippen molar-refractivity contribution in [2.24, 2.45) is 0 Å². The molecule has 0 unspecified atom stereocenters. The summed E-state index contributed by atoms with van der Waals surface area (Å²) in [7, 11) is 0. The molecule has 4 N–H and O–H groups in total. The second-order valence-corrected chi connectivity index (χ2v) is 4.80. The van der Waals surface area contributed by atoms with Crippen molar-refractivity contribution in [1.82, 2.24) is 20.6 Å². The van der Waals surface area contributed by atoms with Crippen LogP contribution < -0.4 is 10.6 Å². The van der Waals surface area contributed by atoms with Crippen molar-refractivity contribution in [3.05, 3.63) is 18.2 Å². The van der Waals surface area contributed by atoms with Crippen molar-refractivity contribution in [3.8, 4) is 0 Å². The van der Waals surface area contributed by atoms with Gasteiger partial charge in [-0.15, -0.1) is 0 Å². The highest BCUT2D eigenvalue weighted by Crippen LogP contribution is 2.29. The van der Waals surface area contributed by atoms with Crippen LogP contribution in [0.3, 0.4) is 0 Å². The third-order valence-electron chi connectivity index (χ3n) is 3.45. The van der Waals surface area contributed by atoms with Gasteiger partial charge in [0.15, 0.2) is 0 Å². The molecule has 1 aliphatic rings. The number of carbonyl (C=O) groups is 2. The van der Waals surface area contributed by atoms with Gasteiger partial charge < -0.3 is 20.7 Å². The Labute approximate surface area is 110 Å². The van der Waals surface area contributed by atoms with Crippen molar-refractivity contribution >= 4 is 12.0 Å². The number of aromatic nitrogens is 2. The van der Waals surface area contributed by atoms with E-state index >= 15 is 0 Å². The monoisotopic (exact) mass is 266 g/mol. The summed E-state index contributed by atoms with van der Waals surface area (Å²) in [5, 5.41) is 14.5. The Morgan fingerprint density at radius 3 is 2.74 bits per heavy atom. The van der Waals surface area contributed by atoms with Crippen LogP contribution in [-0.2, 0) is 11.2 Å². The molecule has 1 aromatic heterocycles. The van der Waals surface area contributed by atoms with Crippen molar-refractivity contribution in [3.63, 3.8) is 0 Å². The van der Waals surface area contributed by atoms with E-state index in [2.05, 4.69) is 20.6 Å². The van der Waals surface area contributed by atoms with E-state index in [-0.39, 0.29) is 0 Å². The highest BCUT2D eigenvalue weighted by atomic mass is 16.4. The topological polar surface area (TPSA) is 107 Å². The van der Waals surface area contributed by atoms with E-state index in [1.165, 1.54) is 0 Å². The predicted molar refractivity (Wildman–Crippen MR) is 67.7 cm³/mol. The first-order chi connectivity index (χ1) is 9.12. The Morgan fingerprint density at radius 1 is 1.42 bits per heavy atom. The van der Waals surface area contributed by atoms with Gasteiger partial charge in [0.1, 0.15) is 5.54 Å². The van der Waals surface area contributed by atoms with Gasteiger partial charge in [0, 0.05) is 24.9 Å². The molecule has 104 valence electrons. The average Bonchev–Trinajstić information content (AvgIpc) is 3.00. The van der Waals surface area contributed by atoms with Crippen LogP contribution in [0.15, 0.2) is 12.5 Å². The van der Waals surface area contributed by atoms with Crippen LogP contribution >= 0.6 is 0 Å². The second-order valence-electron chi connectivity index (χ2n) is 4.80. The molecular formula is C12H18N4O3. The Bertz CT molecular complexity index is 438. The van der Waals surface area contributed by atoms with E-state index in [0.29, 0.717) is 25.8 Å². The van der Waals surface area contributed by atoms with Gasteiger partial charge in [-0.05, 0) is 12.8 Å². The number of carboxylic acids is 1. The van der Waals surface area contributed by atoms with E-state index in [0.717, 1.165) is 18.5 Å². The molecule has 19 heavy (non-hydrogen) atoms. The first-order valence-corrected chi connectivity index (χ1v) is 6.39. The molecule has 2 rings (SSSR count). The summed E-state index contributed by atoms with van der Waals surface area (Å²) in [5.41, 5.74) is -0.160. The molecule has 7 nitrogen and oxygen atoms in total. The summed E-state index contributed by atoms with van der Waals surface area (Å²) in [6, 6.07) is -0.427. The van der Waals surface area contributed by atoms with E-state index < -0.39 is 17.5 Å². The molecule has 0 aromatic carbocycles. The largest absolute Gasteiger partial charge is 0.480 e. The summed E-state index contributed by atoms with van der Waals surface area (Å²) in [6.07, 6.45) is 6.56. The number of carbonyl (C=O) groups excluding carboxylic acids is 1. The Kier molecular flexibility index (Phi) is 4.03. The summed E-state index contributed by atoms with van der Waals surface area (Å²) in [4.78, 5) is 29.8. The number of H-pyrrole nitrogens is 1. The SMILES string of the molecule is O=C(NCCc1cnc[nH]1)NC1(C(=O)O)CCCC1. The Hall–Kier alpha value is -2.05. The van der Waals surface area contributed by atoms with Gasteiger partial charge in [-0.25, -0.2) is 14.6 Å². The van der Waals surface area contributed by atoms with Crippen LogP contribution in [0.2, 0.25) is 0 Å². The lowest BCUT2D eigenvalue weighted by molar-refractivity contribution is -0.144. The van der Waals surface area contributed by atoms with E-state index in [1.54, 1.807) is 12.5 Å². The number of urea groups is 1. The molecular weight excluding hydrogens is 248 g/mol. The van der Waals surface area contributed by atoms with Crippen LogP contribution in [0, 0.1) is 0 Å². The third-order valence-corrected chi connectivity index (χ3v) is 3.45. The fraction of sp³-hybridized carbons (Fsp3) is 0.583. The number of imidazole rings is 1. The minimum Gasteiger partial charge on any atom is -0.480 e. The number of nitrogens with one attached hydrogen (secondary N) is 3. The minimum absolute atomic E-state index is 0.427. The summed E-state index contributed by atoms with van der Waals surface area (Å²) < 4.78 is 0. The summed E-state index contributed by atoms with van der Waals surface area (Å²) in [6.45, 7) is 0.434. The highest BCUT2D eigenvalue weighted by molar-refractivity contribution is 5.86. The maximum absolute atomic E-state index is 11.7. The quantitative estimate of drug-likeness (QED) is 0.627. The molecule has 0 saturated heterocycles. The fourth-order valence-corrected chi connectivity index (χ4v) is 2.36. The zero-order valence-corrected chi connectivity index (χ0v) is 10.6. The van der Waals surface area contributed by atoms with Crippen LogP contribution in [0.5, 0.6) is 0 Å². The maximum Gasteiger partial charge on any atom is 0.329 e. The number of aromatic amines is 1. The zero-order chi connectivity index (χ0) is 13.7. The molecule has 1 fully saturated rings. The number of amides is 2. The summed E-state index contributed by atoms with van der Waals surface area (Å²) >= 11 is 0. The molecule has 0 spiro atoms. The van der Waals surface area contributed by atoms with Gasteiger partial charge in [0.25, 0.3) is 0 Å². The molecule has 1 heterocycles. The van der Waals surface area contributed by atoms with E-state index in [1.807, 2.05) is 0 Å². The molecule has 1 aromatic rings. The Balaban J connectivity index is 1.78. The molecule has 0 aliphatic heterocycles. The van der Waals surface area contributed by atoms with Crippen LogP contribution in [0.4, 0.5) is 4.79 Å². The number of nitrogens with zero attached hydrogens (tertiary/aromatic N) is 1. The molecule has 0 bridgehead atoms. The lowest BCUT2D eigenvalue weighted by Crippen LogP contribution is -2.55. The Morgan fingerprint density at radius 2 is 2.16 bits per heavy atom. The predicted octanol–water partition coefficient (Wildman–Crippen LogP) is 0.649. The second kappa shape index (κ2) is 5.73. The smallest absolute Gasteiger partial charge is 0.329 e. The highest BCUT2D eigenvalue weighted by Gasteiger charge is 2.42. The number of carboxylic acid groups (broad SMARTS) is 1. The van der Waals surface area contributed by atoms with Gasteiger partial charge in [0.2, 0.25) is 0 Å². The van der Waals surface area contributed by atoms with Gasteiger partial charge in [-0.3, -0.25) is 0 Å². The minimum atomic E-state index is -1.09. The van der Waals surface area contributed by atoms with Crippen LogP contribution in [0.25, 0.3) is 0 Å². The lowest BCUT2D eigenvalue weighted by atomic mass is 9.98. The van der Waals surface area contributed by atoms with Crippen molar-refractivity contribution in [1.29, 1.82) is 0 Å². The normalized spacial score (nSPS) is 17.1. The molecule has 2 amide bonds. The number of rotatable bonds is 5. The first kappa shape index (κ1) is 13.4. The zero-order valence-electron chi connectivity index (χ0n) is 10.6. The van der Waals surface area contributed by atoms with Crippen molar-refractivity contribution in [2.45, 2.75) is 37.6 Å². The van der Waals surface area contributed by atoms with E-state index in [9.17, 15) is 14.7 Å². The fourth-order valence-electron chi connectivity index (χ4n) is 2.36. The van der Waals surface area contributed by atoms with Gasteiger partial charge in [-0.1, -0.05) is 12.8 Å². The molecule has 7 heteroatoms.